The quantitative estimate of drug-likeness (QED) is 0.206. The Labute approximate surface area is 257 Å². The van der Waals surface area contributed by atoms with Crippen molar-refractivity contribution in [3.8, 4) is 0 Å². The summed E-state index contributed by atoms with van der Waals surface area (Å²) in [5.41, 5.74) is 8.12. The molecule has 4 atom stereocenters. The number of primary amides is 1. The molecule has 232 valence electrons. The molecular weight excluding hydrogens is 558 g/mol. The number of benzene rings is 1. The van der Waals surface area contributed by atoms with Gasteiger partial charge in [0, 0.05) is 40.9 Å². The van der Waals surface area contributed by atoms with Crippen LogP contribution in [0, 0.1) is 17.8 Å². The second-order valence-electron chi connectivity index (χ2n) is 12.2. The molecule has 1 aliphatic carbocycles. The largest absolute Gasteiger partial charge is 0.379 e. The van der Waals surface area contributed by atoms with Crippen LogP contribution in [0.2, 0.25) is 0 Å². The van der Waals surface area contributed by atoms with Gasteiger partial charge in [-0.25, -0.2) is 19.2 Å². The summed E-state index contributed by atoms with van der Waals surface area (Å²) in [6, 6.07) is 6.16. The molecule has 1 amide bonds. The Hall–Kier alpha value is -4.57. The highest BCUT2D eigenvalue weighted by Crippen LogP contribution is 2.38. The minimum absolute atomic E-state index is 0.155. The van der Waals surface area contributed by atoms with Crippen LogP contribution in [0.4, 0.5) is 0 Å². The number of hydrogen-bond donors (Lipinski definition) is 5. The first kappa shape index (κ1) is 32.3. The van der Waals surface area contributed by atoms with Crippen LogP contribution < -0.4 is 21.7 Å². The van der Waals surface area contributed by atoms with Crippen LogP contribution in [0.1, 0.15) is 87.2 Å². The summed E-state index contributed by atoms with van der Waals surface area (Å²) in [4.78, 5) is 63.9. The van der Waals surface area contributed by atoms with Gasteiger partial charge in [-0.05, 0) is 37.2 Å². The van der Waals surface area contributed by atoms with Gasteiger partial charge >= 0.3 is 0 Å². The number of carbonyl (C=O) groups excluding carboxylic acids is 5. The molecular formula is C34H41N5O5. The van der Waals surface area contributed by atoms with E-state index in [4.69, 9.17) is 5.73 Å². The monoisotopic (exact) mass is 599 g/mol. The van der Waals surface area contributed by atoms with E-state index in [1.807, 2.05) is 55.9 Å². The summed E-state index contributed by atoms with van der Waals surface area (Å²) in [5.74, 6) is 6.64. The van der Waals surface area contributed by atoms with E-state index in [2.05, 4.69) is 26.9 Å². The van der Waals surface area contributed by atoms with Gasteiger partial charge in [0.1, 0.15) is 40.9 Å². The fourth-order valence-electron chi connectivity index (χ4n) is 6.85. The van der Waals surface area contributed by atoms with E-state index in [1.165, 1.54) is 6.08 Å². The van der Waals surface area contributed by atoms with Crippen molar-refractivity contribution >= 4 is 40.6 Å². The maximum Gasteiger partial charge on any atom is 0.265 e. The van der Waals surface area contributed by atoms with Gasteiger partial charge in [-0.15, -0.1) is 0 Å². The Morgan fingerprint density at radius 1 is 1.00 bits per heavy atom. The zero-order valence-electron chi connectivity index (χ0n) is 25.3. The maximum atomic E-state index is 12.7. The van der Waals surface area contributed by atoms with Gasteiger partial charge < -0.3 is 26.7 Å². The first-order valence-corrected chi connectivity index (χ1v) is 15.4. The molecule has 2 aliphatic rings. The number of nitrogens with one attached hydrogen (secondary N) is 4. The predicted molar refractivity (Wildman–Crippen MR) is 168 cm³/mol. The Morgan fingerprint density at radius 3 is 2.36 bits per heavy atom. The second kappa shape index (κ2) is 15.2. The van der Waals surface area contributed by atoms with E-state index >= 15 is 0 Å². The van der Waals surface area contributed by atoms with E-state index in [0.717, 1.165) is 43.0 Å². The van der Waals surface area contributed by atoms with Crippen LogP contribution in [-0.4, -0.2) is 53.3 Å². The Balaban J connectivity index is 1.70. The highest BCUT2D eigenvalue weighted by atomic mass is 16.1. The number of fused-ring (bicyclic) bond motifs is 1. The van der Waals surface area contributed by atoms with Gasteiger partial charge in [-0.3, -0.25) is 4.79 Å². The van der Waals surface area contributed by atoms with Crippen LogP contribution in [0.3, 0.4) is 0 Å². The molecule has 0 unspecified atom stereocenters. The molecule has 4 rings (SSSR count). The molecule has 2 aromatic rings. The first-order valence-electron chi connectivity index (χ1n) is 15.4. The van der Waals surface area contributed by atoms with E-state index in [-0.39, 0.29) is 28.9 Å². The minimum atomic E-state index is -0.652. The zero-order valence-corrected chi connectivity index (χ0v) is 25.3. The van der Waals surface area contributed by atoms with Crippen LogP contribution >= 0.6 is 0 Å². The van der Waals surface area contributed by atoms with Crippen molar-refractivity contribution in [1.82, 2.24) is 20.9 Å². The summed E-state index contributed by atoms with van der Waals surface area (Å²) in [6.45, 7) is 4.51. The van der Waals surface area contributed by atoms with Crippen molar-refractivity contribution in [3.05, 3.63) is 58.7 Å². The molecule has 10 nitrogen and oxygen atoms in total. The molecule has 0 radical (unpaired) electrons. The van der Waals surface area contributed by atoms with Gasteiger partial charge in [0.15, 0.2) is 0 Å². The normalized spacial score (nSPS) is 18.6. The molecule has 10 heteroatoms. The van der Waals surface area contributed by atoms with Gasteiger partial charge in [-0.1, -0.05) is 64.2 Å². The lowest BCUT2D eigenvalue weighted by atomic mass is 9.82. The van der Waals surface area contributed by atoms with Crippen molar-refractivity contribution in [3.63, 3.8) is 0 Å². The Kier molecular flexibility index (Phi) is 11.2. The number of H-pyrrole nitrogens is 1. The van der Waals surface area contributed by atoms with Gasteiger partial charge in [0.05, 0.1) is 17.8 Å². The fourth-order valence-corrected chi connectivity index (χ4v) is 6.85. The predicted octanol–water partition coefficient (Wildman–Crippen LogP) is 3.43. The number of aromatic nitrogens is 1. The van der Waals surface area contributed by atoms with Crippen LogP contribution in [-0.2, 0) is 19.2 Å². The molecule has 2 heterocycles. The topological polar surface area (TPSA) is 163 Å². The number of amides is 1. The molecule has 0 bridgehead atoms. The summed E-state index contributed by atoms with van der Waals surface area (Å²) < 4.78 is 0. The number of carbonyl (C=O) groups is 1. The van der Waals surface area contributed by atoms with Crippen LogP contribution in [0.5, 0.6) is 0 Å². The summed E-state index contributed by atoms with van der Waals surface area (Å²) in [7, 11) is 0. The zero-order chi connectivity index (χ0) is 31.6. The number of aromatic amines is 1. The minimum Gasteiger partial charge on any atom is -0.379 e. The number of para-hydroxylation sites is 1. The molecule has 6 N–H and O–H groups in total. The van der Waals surface area contributed by atoms with E-state index in [1.54, 1.807) is 0 Å². The summed E-state index contributed by atoms with van der Waals surface area (Å²) in [6.07, 6.45) is 8.22. The highest BCUT2D eigenvalue weighted by Gasteiger charge is 2.33. The van der Waals surface area contributed by atoms with Crippen molar-refractivity contribution in [1.29, 1.82) is 0 Å². The average molecular weight is 600 g/mol. The van der Waals surface area contributed by atoms with Gasteiger partial charge in [0.25, 0.3) is 5.91 Å². The van der Waals surface area contributed by atoms with Crippen molar-refractivity contribution in [2.75, 3.05) is 6.54 Å². The lowest BCUT2D eigenvalue weighted by Gasteiger charge is -2.32. The molecule has 1 saturated heterocycles. The molecule has 1 saturated carbocycles. The second-order valence-corrected chi connectivity index (χ2v) is 12.2. The van der Waals surface area contributed by atoms with E-state index in [0.29, 0.717) is 43.0 Å². The number of nitrogens with two attached hydrogens (primary N) is 1. The Morgan fingerprint density at radius 2 is 1.73 bits per heavy atom. The third kappa shape index (κ3) is 7.49. The van der Waals surface area contributed by atoms with Gasteiger partial charge in [-0.2, -0.15) is 0 Å². The highest BCUT2D eigenvalue weighted by molar-refractivity contribution is 6.01. The fraction of sp³-hybridized carbons (Fsp3) is 0.500. The van der Waals surface area contributed by atoms with E-state index < -0.39 is 23.9 Å². The van der Waals surface area contributed by atoms with Crippen molar-refractivity contribution in [2.24, 2.45) is 23.5 Å². The number of hydrogen-bond acceptors (Lipinski definition) is 8. The average Bonchev–Trinajstić information content (AvgIpc) is 3.64. The summed E-state index contributed by atoms with van der Waals surface area (Å²) in [5, 5.41) is 10.3. The standard InChI is InChI=1S/C34H41N5O5/c1-21(2)31(32-25-10-6-7-11-26(25)39-33(32)34(35)44)30(20-43)38-27(16-22-8-4-3-5-9-22)29(19-42)37-24(13-15-40)17-23-12-14-36-28(23)18-41/h6-7,10-11,13,21-24,27,31,36-39H,3-5,8-9,12,14,16-17H2,1-2H3,(H2,35,44)/t23-,24+,27-,31+/m0/s1. The van der Waals surface area contributed by atoms with Crippen molar-refractivity contribution in [2.45, 2.75) is 83.2 Å². The molecule has 1 aliphatic heterocycles. The molecule has 1 aromatic heterocycles. The van der Waals surface area contributed by atoms with Crippen molar-refractivity contribution < 1.29 is 24.0 Å². The first-order chi connectivity index (χ1) is 21.3. The number of allylic oxidation sites excluding steroid dienone is 2. The van der Waals surface area contributed by atoms with Gasteiger partial charge in [0.2, 0.25) is 0 Å². The molecule has 2 fully saturated rings. The number of rotatable bonds is 14. The maximum absolute atomic E-state index is 12.7. The van der Waals surface area contributed by atoms with Crippen LogP contribution in [0.25, 0.3) is 10.9 Å². The SMILES string of the molecule is CC(C)[C@H](C(=C=O)N[C@@H](CC1CCCCC1)C(=C=O)N[C@H](C=C=O)C[C@@H]1CCNC1=C=O)c1c(C(N)=O)[nH]c2ccccc12. The van der Waals surface area contributed by atoms with E-state index in [9.17, 15) is 24.0 Å². The smallest absolute Gasteiger partial charge is 0.265 e. The lowest BCUT2D eigenvalue weighted by molar-refractivity contribution is 0.0995. The molecule has 1 aromatic carbocycles. The third-order valence-electron chi connectivity index (χ3n) is 8.95. The molecule has 0 spiro atoms. The molecule has 44 heavy (non-hydrogen) atoms. The Bertz CT molecular complexity index is 1540. The third-order valence-corrected chi connectivity index (χ3v) is 8.95. The lowest BCUT2D eigenvalue weighted by Crippen LogP contribution is -2.43. The van der Waals surface area contributed by atoms with Crippen LogP contribution in [0.15, 0.2) is 47.4 Å². The summed E-state index contributed by atoms with van der Waals surface area (Å²) >= 11 is 0.